The molecule has 1 amide bonds. The van der Waals surface area contributed by atoms with Gasteiger partial charge >= 0.3 is 12.1 Å². The third-order valence-corrected chi connectivity index (χ3v) is 3.24. The molecule has 6 heteroatoms. The number of likely N-dealkylation sites (tertiary alicyclic amines) is 1. The van der Waals surface area contributed by atoms with E-state index in [0.29, 0.717) is 18.6 Å². The third kappa shape index (κ3) is 2.57. The van der Waals surface area contributed by atoms with E-state index in [1.807, 2.05) is 6.92 Å². The minimum atomic E-state index is -1.01. The predicted molar refractivity (Wildman–Crippen MR) is 65.7 cm³/mol. The second-order valence-electron chi connectivity index (χ2n) is 4.50. The lowest BCUT2D eigenvalue weighted by Crippen LogP contribution is -2.42. The number of carboxylic acids is 1. The van der Waals surface area contributed by atoms with E-state index in [0.717, 1.165) is 5.76 Å². The Morgan fingerprint density at radius 3 is 2.74 bits per heavy atom. The molecular formula is C13H17NO5. The third-order valence-electron chi connectivity index (χ3n) is 3.24. The Balaban J connectivity index is 2.27. The number of nitrogens with zero attached hydrogens (tertiary/aromatic N) is 1. The number of carbonyl (C=O) groups excluding carboxylic acids is 1. The van der Waals surface area contributed by atoms with E-state index in [9.17, 15) is 14.7 Å². The fraction of sp³-hybridized carbons (Fsp3) is 0.538. The lowest BCUT2D eigenvalue weighted by Gasteiger charge is -2.26. The van der Waals surface area contributed by atoms with Crippen LogP contribution in [0.15, 0.2) is 16.5 Å². The van der Waals surface area contributed by atoms with Crippen LogP contribution in [0.4, 0.5) is 4.79 Å². The van der Waals surface area contributed by atoms with E-state index in [-0.39, 0.29) is 12.6 Å². The molecule has 1 saturated heterocycles. The summed E-state index contributed by atoms with van der Waals surface area (Å²) >= 11 is 0. The standard InChI is InChI=1S/C13H17NO5/c1-3-18-13(17)14-9(5-6-10(14)12(15)16)11-7-4-8(2)19-11/h4,7,9-10H,3,5-6H2,1-2H3,(H,15,16)/t9-,10-/m0/s1. The van der Waals surface area contributed by atoms with Gasteiger partial charge < -0.3 is 14.3 Å². The van der Waals surface area contributed by atoms with Crippen LogP contribution in [-0.4, -0.2) is 34.7 Å². The Morgan fingerprint density at radius 2 is 2.21 bits per heavy atom. The number of amides is 1. The fourth-order valence-electron chi connectivity index (χ4n) is 2.42. The van der Waals surface area contributed by atoms with E-state index < -0.39 is 18.1 Å². The molecule has 1 aliphatic rings. The van der Waals surface area contributed by atoms with Crippen molar-refractivity contribution in [3.8, 4) is 0 Å². The van der Waals surface area contributed by atoms with E-state index >= 15 is 0 Å². The molecule has 0 bridgehead atoms. The first-order chi connectivity index (χ1) is 9.04. The van der Waals surface area contributed by atoms with Crippen LogP contribution in [0.25, 0.3) is 0 Å². The molecule has 1 aromatic rings. The number of carbonyl (C=O) groups is 2. The monoisotopic (exact) mass is 267 g/mol. The molecule has 2 atom stereocenters. The zero-order valence-corrected chi connectivity index (χ0v) is 11.0. The molecule has 2 heterocycles. The molecular weight excluding hydrogens is 250 g/mol. The molecule has 0 unspecified atom stereocenters. The van der Waals surface area contributed by atoms with Crippen LogP contribution < -0.4 is 0 Å². The largest absolute Gasteiger partial charge is 0.480 e. The van der Waals surface area contributed by atoms with Crippen LogP contribution in [-0.2, 0) is 9.53 Å². The van der Waals surface area contributed by atoms with E-state index in [2.05, 4.69) is 0 Å². The predicted octanol–water partition coefficient (Wildman–Crippen LogP) is 2.33. The molecule has 0 aromatic carbocycles. The maximum atomic E-state index is 11.9. The Labute approximate surface area is 110 Å². The highest BCUT2D eigenvalue weighted by atomic mass is 16.6. The number of hydrogen-bond acceptors (Lipinski definition) is 4. The van der Waals surface area contributed by atoms with E-state index in [4.69, 9.17) is 9.15 Å². The fourth-order valence-corrected chi connectivity index (χ4v) is 2.42. The second kappa shape index (κ2) is 5.34. The van der Waals surface area contributed by atoms with Crippen molar-refractivity contribution in [3.63, 3.8) is 0 Å². The Hall–Kier alpha value is -1.98. The molecule has 0 saturated carbocycles. The van der Waals surface area contributed by atoms with Gasteiger partial charge in [0.1, 0.15) is 17.6 Å². The number of hydrogen-bond donors (Lipinski definition) is 1. The highest BCUT2D eigenvalue weighted by Crippen LogP contribution is 2.37. The van der Waals surface area contributed by atoms with Gasteiger partial charge in [0.15, 0.2) is 0 Å². The zero-order valence-electron chi connectivity index (χ0n) is 11.0. The summed E-state index contributed by atoms with van der Waals surface area (Å²) in [5.41, 5.74) is 0. The van der Waals surface area contributed by atoms with Gasteiger partial charge in [0, 0.05) is 0 Å². The number of rotatable bonds is 3. The average Bonchev–Trinajstić information content (AvgIpc) is 2.94. The smallest absolute Gasteiger partial charge is 0.411 e. The summed E-state index contributed by atoms with van der Waals surface area (Å²) in [6.07, 6.45) is 0.354. The van der Waals surface area contributed by atoms with Crippen molar-refractivity contribution in [1.82, 2.24) is 4.90 Å². The molecule has 0 spiro atoms. The topological polar surface area (TPSA) is 80.0 Å². The van der Waals surface area contributed by atoms with Gasteiger partial charge in [-0.25, -0.2) is 9.59 Å². The van der Waals surface area contributed by atoms with Crippen molar-refractivity contribution in [2.24, 2.45) is 0 Å². The summed E-state index contributed by atoms with van der Waals surface area (Å²) in [6, 6.07) is 2.35. The summed E-state index contributed by atoms with van der Waals surface area (Å²) in [5, 5.41) is 9.19. The molecule has 19 heavy (non-hydrogen) atoms. The van der Waals surface area contributed by atoms with Crippen molar-refractivity contribution >= 4 is 12.1 Å². The van der Waals surface area contributed by atoms with Crippen LogP contribution in [0.3, 0.4) is 0 Å². The Morgan fingerprint density at radius 1 is 1.47 bits per heavy atom. The van der Waals surface area contributed by atoms with Gasteiger partial charge in [0.2, 0.25) is 0 Å². The van der Waals surface area contributed by atoms with Crippen molar-refractivity contribution in [2.45, 2.75) is 38.8 Å². The van der Waals surface area contributed by atoms with Crippen molar-refractivity contribution in [3.05, 3.63) is 23.7 Å². The lowest BCUT2D eigenvalue weighted by molar-refractivity contribution is -0.142. The maximum Gasteiger partial charge on any atom is 0.411 e. The summed E-state index contributed by atoms with van der Waals surface area (Å²) in [5.74, 6) is 0.325. The molecule has 0 aliphatic carbocycles. The highest BCUT2D eigenvalue weighted by molar-refractivity contribution is 5.81. The molecule has 104 valence electrons. The van der Waals surface area contributed by atoms with E-state index in [1.54, 1.807) is 19.1 Å². The van der Waals surface area contributed by atoms with Crippen LogP contribution in [0, 0.1) is 6.92 Å². The molecule has 1 fully saturated rings. The average molecular weight is 267 g/mol. The van der Waals surface area contributed by atoms with Gasteiger partial charge in [0.25, 0.3) is 0 Å². The van der Waals surface area contributed by atoms with Crippen LogP contribution in [0.5, 0.6) is 0 Å². The minimum absolute atomic E-state index is 0.214. The second-order valence-corrected chi connectivity index (χ2v) is 4.50. The minimum Gasteiger partial charge on any atom is -0.480 e. The van der Waals surface area contributed by atoms with Crippen molar-refractivity contribution < 1.29 is 23.8 Å². The first-order valence-electron chi connectivity index (χ1n) is 6.28. The normalized spacial score (nSPS) is 22.5. The zero-order chi connectivity index (χ0) is 14.0. The van der Waals surface area contributed by atoms with Crippen LogP contribution in [0.2, 0.25) is 0 Å². The molecule has 6 nitrogen and oxygen atoms in total. The molecule has 1 aromatic heterocycles. The summed E-state index contributed by atoms with van der Waals surface area (Å²) < 4.78 is 10.5. The number of ether oxygens (including phenoxy) is 1. The summed E-state index contributed by atoms with van der Waals surface area (Å²) in [6.45, 7) is 3.71. The maximum absolute atomic E-state index is 11.9. The van der Waals surface area contributed by atoms with Gasteiger partial charge in [-0.15, -0.1) is 0 Å². The summed E-state index contributed by atoms with van der Waals surface area (Å²) in [4.78, 5) is 24.4. The lowest BCUT2D eigenvalue weighted by atomic mass is 10.1. The SMILES string of the molecule is CCOC(=O)N1[C@H](C(=O)O)CC[C@H]1c1ccc(C)o1. The first kappa shape index (κ1) is 13.5. The number of aliphatic carboxylic acids is 1. The number of carboxylic acid groups (broad SMARTS) is 1. The van der Waals surface area contributed by atoms with Crippen LogP contribution >= 0.6 is 0 Å². The molecule has 1 aliphatic heterocycles. The number of furan rings is 1. The van der Waals surface area contributed by atoms with E-state index in [1.165, 1.54) is 4.90 Å². The van der Waals surface area contributed by atoms with Crippen molar-refractivity contribution in [2.75, 3.05) is 6.61 Å². The quantitative estimate of drug-likeness (QED) is 0.909. The van der Waals surface area contributed by atoms with Gasteiger partial charge in [-0.05, 0) is 38.8 Å². The molecule has 2 rings (SSSR count). The first-order valence-corrected chi connectivity index (χ1v) is 6.28. The number of aryl methyl sites for hydroxylation is 1. The molecule has 1 N–H and O–H groups in total. The van der Waals surface area contributed by atoms with Crippen LogP contribution in [0.1, 0.15) is 37.3 Å². The van der Waals surface area contributed by atoms with Gasteiger partial charge in [-0.2, -0.15) is 0 Å². The molecule has 0 radical (unpaired) electrons. The Kier molecular flexibility index (Phi) is 3.78. The van der Waals surface area contributed by atoms with Gasteiger partial charge in [-0.1, -0.05) is 0 Å². The highest BCUT2D eigenvalue weighted by Gasteiger charge is 2.43. The van der Waals surface area contributed by atoms with Crippen molar-refractivity contribution in [1.29, 1.82) is 0 Å². The summed E-state index contributed by atoms with van der Waals surface area (Å²) in [7, 11) is 0. The van der Waals surface area contributed by atoms with Gasteiger partial charge in [0.05, 0.1) is 12.6 Å². The Bertz CT molecular complexity index is 481. The van der Waals surface area contributed by atoms with Gasteiger partial charge in [-0.3, -0.25) is 4.90 Å².